The molecule has 3 N–H and O–H groups in total. The average molecular weight is 694 g/mol. The van der Waals surface area contributed by atoms with E-state index in [1.54, 1.807) is 25.2 Å². The molecule has 9 unspecified atom stereocenters. The molecule has 1 aromatic rings. The second-order valence-electron chi connectivity index (χ2n) is 14.4. The number of nitrogens with one attached hydrogen (secondary N) is 1. The summed E-state index contributed by atoms with van der Waals surface area (Å²) in [7, 11) is 1.49. The van der Waals surface area contributed by atoms with Crippen LogP contribution in [0.3, 0.4) is 0 Å². The van der Waals surface area contributed by atoms with E-state index in [0.717, 1.165) is 6.08 Å². The molecule has 9 atom stereocenters. The summed E-state index contributed by atoms with van der Waals surface area (Å²) in [5.41, 5.74) is -1.00. The molecular weight excluding hydrogens is 646 g/mol. The fourth-order valence-electron chi connectivity index (χ4n) is 7.31. The van der Waals surface area contributed by atoms with Crippen LogP contribution in [-0.2, 0) is 23.7 Å². The van der Waals surface area contributed by atoms with Crippen LogP contribution in [0.5, 0.6) is 11.5 Å². The number of hydrogen-bond acceptors (Lipinski definition) is 11. The molecule has 1 aliphatic carbocycles. The number of methoxy groups -OCH3 is 1. The van der Waals surface area contributed by atoms with E-state index in [2.05, 4.69) is 5.32 Å². The number of amides is 1. The summed E-state index contributed by atoms with van der Waals surface area (Å²) in [5, 5.41) is 25.3. The Morgan fingerprint density at radius 1 is 0.880 bits per heavy atom. The number of rotatable bonds is 1. The van der Waals surface area contributed by atoms with Crippen molar-refractivity contribution in [3.05, 3.63) is 70.2 Å². The summed E-state index contributed by atoms with van der Waals surface area (Å²) >= 11 is 0. The molecule has 0 spiro atoms. The second-order valence-corrected chi connectivity index (χ2v) is 14.4. The molecule has 1 aromatic carbocycles. The lowest BCUT2D eigenvalue weighted by Crippen LogP contribution is -2.56. The van der Waals surface area contributed by atoms with Crippen LogP contribution in [0.15, 0.2) is 47.9 Å². The van der Waals surface area contributed by atoms with Crippen LogP contribution in [0.1, 0.15) is 92.0 Å². The number of benzene rings is 1. The van der Waals surface area contributed by atoms with Crippen molar-refractivity contribution < 1.29 is 53.1 Å². The third-order valence-electron chi connectivity index (χ3n) is 10.3. The van der Waals surface area contributed by atoms with Crippen LogP contribution >= 0.6 is 0 Å². The van der Waals surface area contributed by atoms with E-state index in [9.17, 15) is 29.4 Å². The maximum Gasteiger partial charge on any atom is 0.312 e. The first-order chi connectivity index (χ1) is 23.3. The highest BCUT2D eigenvalue weighted by molar-refractivity contribution is 6.30. The van der Waals surface area contributed by atoms with Gasteiger partial charge >= 0.3 is 5.79 Å². The summed E-state index contributed by atoms with van der Waals surface area (Å²) in [6, 6.07) is 0. The number of Topliss-reactive ketones (excluding diaryl/α,β-unsaturated/α-hetero) is 2. The minimum absolute atomic E-state index is 0.0484. The predicted molar refractivity (Wildman–Crippen MR) is 182 cm³/mol. The monoisotopic (exact) mass is 693 g/mol. The Hall–Kier alpha value is -4.10. The molecule has 0 aromatic heterocycles. The lowest BCUT2D eigenvalue weighted by Gasteiger charge is -2.49. The van der Waals surface area contributed by atoms with E-state index in [1.807, 2.05) is 47.6 Å². The summed E-state index contributed by atoms with van der Waals surface area (Å²) in [5.74, 6) is -7.63. The number of fused-ring (bicyclic) bond motifs is 10. The Morgan fingerprint density at radius 2 is 1.54 bits per heavy atom. The van der Waals surface area contributed by atoms with Crippen molar-refractivity contribution in [2.75, 3.05) is 7.11 Å². The maximum absolute atomic E-state index is 13.9. The number of allylic oxidation sites excluding steroid dienone is 4. The predicted octanol–water partition coefficient (Wildman–Crippen LogP) is 4.86. The number of phenols is 1. The number of aliphatic hydroxyl groups is 1. The lowest BCUT2D eigenvalue weighted by molar-refractivity contribution is -0.336. The molecular formula is C38H47NO11. The highest BCUT2D eigenvalue weighted by Gasteiger charge is 2.52. The van der Waals surface area contributed by atoms with Crippen LogP contribution in [0.25, 0.3) is 0 Å². The smallest absolute Gasteiger partial charge is 0.312 e. The van der Waals surface area contributed by atoms with Crippen molar-refractivity contribution in [1.82, 2.24) is 5.32 Å². The number of aliphatic hydroxyl groups excluding tert-OH is 1. The molecule has 1 amide bonds. The molecule has 4 aliphatic heterocycles. The third-order valence-corrected chi connectivity index (χ3v) is 10.3. The van der Waals surface area contributed by atoms with Gasteiger partial charge in [0.1, 0.15) is 11.5 Å². The summed E-state index contributed by atoms with van der Waals surface area (Å²) in [4.78, 5) is 54.2. The fourth-order valence-corrected chi connectivity index (χ4v) is 7.31. The SMILES string of the molecule is COC1C=COC2(C)Oc3c(C)c(O)c4c(c3C2=O)C(=O)C=C(NC(=O)C(C)=CC=CC(C)C2OC(C)(C)OC(C(C)C(O)C1C)C2C)C4=O. The van der Waals surface area contributed by atoms with Gasteiger partial charge in [-0.15, -0.1) is 0 Å². The largest absolute Gasteiger partial charge is 0.507 e. The first-order valence-corrected chi connectivity index (χ1v) is 16.8. The van der Waals surface area contributed by atoms with Crippen molar-refractivity contribution in [2.45, 2.75) is 98.3 Å². The van der Waals surface area contributed by atoms with Crippen LogP contribution in [-0.4, -0.2) is 76.6 Å². The molecule has 1 fully saturated rings. The van der Waals surface area contributed by atoms with Gasteiger partial charge in [-0.25, -0.2) is 0 Å². The number of ketones is 3. The van der Waals surface area contributed by atoms with Gasteiger partial charge in [-0.1, -0.05) is 45.9 Å². The Labute approximate surface area is 292 Å². The number of ether oxygens (including phenoxy) is 5. The van der Waals surface area contributed by atoms with Crippen LogP contribution in [0.2, 0.25) is 0 Å². The number of phenolic OH excluding ortho intramolecular Hbond substituents is 1. The van der Waals surface area contributed by atoms with Gasteiger partial charge in [-0.2, -0.15) is 0 Å². The zero-order valence-electron chi connectivity index (χ0n) is 30.2. The van der Waals surface area contributed by atoms with Gasteiger partial charge in [0, 0.05) is 54.9 Å². The lowest BCUT2D eigenvalue weighted by atomic mass is 9.77. The van der Waals surface area contributed by atoms with Gasteiger partial charge in [-0.05, 0) is 33.8 Å². The van der Waals surface area contributed by atoms with E-state index < -0.39 is 64.3 Å². The van der Waals surface area contributed by atoms with Gasteiger partial charge < -0.3 is 39.2 Å². The van der Waals surface area contributed by atoms with Crippen LogP contribution < -0.4 is 10.1 Å². The van der Waals surface area contributed by atoms with E-state index in [4.69, 9.17) is 23.7 Å². The van der Waals surface area contributed by atoms with Crippen molar-refractivity contribution >= 4 is 23.3 Å². The number of carbonyl (C=O) groups excluding carboxylic acids is 4. The standard InChI is InChI=1S/C38H47NO11/c1-17-12-11-13-18(2)36(45)39-23-16-24(40)26-27(31(23)43)30(42)21(5)34-28(26)35(44)38(9,50-34)47-15-14-25(46-10)19(3)29(41)20(4)33-22(6)32(17)48-37(7,8)49-33/h11-17,19-20,22,25,29,32-33,41-42H,1-10H3,(H,39,45). The quantitative estimate of drug-likeness (QED) is 0.368. The first-order valence-electron chi connectivity index (χ1n) is 16.8. The van der Waals surface area contributed by atoms with Crippen molar-refractivity contribution in [2.24, 2.45) is 23.7 Å². The van der Waals surface area contributed by atoms with Gasteiger partial charge in [0.2, 0.25) is 5.78 Å². The molecule has 12 heteroatoms. The molecule has 5 aliphatic rings. The third kappa shape index (κ3) is 6.45. The van der Waals surface area contributed by atoms with Crippen LogP contribution in [0.4, 0.5) is 0 Å². The Kier molecular flexibility index (Phi) is 10.1. The molecule has 0 radical (unpaired) electrons. The zero-order valence-corrected chi connectivity index (χ0v) is 30.2. The zero-order chi connectivity index (χ0) is 37.0. The van der Waals surface area contributed by atoms with Gasteiger partial charge in [0.05, 0.1) is 53.1 Å². The molecule has 4 heterocycles. The fraction of sp³-hybridized carbons (Fsp3) is 0.526. The minimum Gasteiger partial charge on any atom is -0.507 e. The summed E-state index contributed by atoms with van der Waals surface area (Å²) < 4.78 is 30.3. The van der Waals surface area contributed by atoms with E-state index in [-0.39, 0.29) is 63.7 Å². The number of carbonyl (C=O) groups is 4. The van der Waals surface area contributed by atoms with E-state index in [0.29, 0.717) is 0 Å². The molecule has 12 nitrogen and oxygen atoms in total. The van der Waals surface area contributed by atoms with Crippen molar-refractivity contribution in [3.8, 4) is 11.5 Å². The second kappa shape index (κ2) is 13.6. The molecule has 1 saturated heterocycles. The number of hydrogen-bond donors (Lipinski definition) is 3. The van der Waals surface area contributed by atoms with Gasteiger partial charge in [0.25, 0.3) is 11.7 Å². The average Bonchev–Trinajstić information content (AvgIpc) is 3.32. The van der Waals surface area contributed by atoms with E-state index >= 15 is 0 Å². The van der Waals surface area contributed by atoms with Gasteiger partial charge in [0.15, 0.2) is 11.6 Å². The van der Waals surface area contributed by atoms with Crippen molar-refractivity contribution in [3.63, 3.8) is 0 Å². The molecule has 7 bridgehead atoms. The highest BCUT2D eigenvalue weighted by atomic mass is 16.7. The maximum atomic E-state index is 13.9. The highest BCUT2D eigenvalue weighted by Crippen LogP contribution is 2.48. The topological polar surface area (TPSA) is 167 Å². The number of aromatic hydroxyl groups is 1. The van der Waals surface area contributed by atoms with Crippen molar-refractivity contribution in [1.29, 1.82) is 0 Å². The Bertz CT molecular complexity index is 1740. The summed E-state index contributed by atoms with van der Waals surface area (Å²) in [6.07, 6.45) is 6.70. The normalized spacial score (nSPS) is 34.5. The first kappa shape index (κ1) is 37.2. The molecule has 50 heavy (non-hydrogen) atoms. The summed E-state index contributed by atoms with van der Waals surface area (Å²) in [6.45, 7) is 15.8. The minimum atomic E-state index is -1.97. The Balaban J connectivity index is 1.59. The van der Waals surface area contributed by atoms with Gasteiger partial charge in [-0.3, -0.25) is 19.2 Å². The Morgan fingerprint density at radius 3 is 2.20 bits per heavy atom. The van der Waals surface area contributed by atoms with E-state index in [1.165, 1.54) is 27.2 Å². The molecule has 0 saturated carbocycles. The molecule has 6 rings (SSSR count). The van der Waals surface area contributed by atoms with Crippen LogP contribution in [0, 0.1) is 30.6 Å². The molecule has 270 valence electrons.